The summed E-state index contributed by atoms with van der Waals surface area (Å²) in [6.45, 7) is 3.49. The van der Waals surface area contributed by atoms with Gasteiger partial charge in [-0.05, 0) is 76.6 Å². The van der Waals surface area contributed by atoms with Gasteiger partial charge in [-0.15, -0.1) is 0 Å². The Morgan fingerprint density at radius 1 is 1.02 bits per heavy atom. The molecular weight excluding hydrogens is 704 g/mol. The van der Waals surface area contributed by atoms with Crippen molar-refractivity contribution in [3.63, 3.8) is 0 Å². The first-order valence-corrected chi connectivity index (χ1v) is 19.7. The lowest BCUT2D eigenvalue weighted by Crippen LogP contribution is -2.58. The molecule has 13 nitrogen and oxygen atoms in total. The van der Waals surface area contributed by atoms with Crippen LogP contribution in [0, 0.1) is 25.6 Å². The maximum absolute atomic E-state index is 14.5. The highest BCUT2D eigenvalue weighted by molar-refractivity contribution is 7.91. The van der Waals surface area contributed by atoms with Crippen LogP contribution in [0.4, 0.5) is 4.39 Å². The second-order valence-electron chi connectivity index (χ2n) is 14.6. The van der Waals surface area contributed by atoms with Gasteiger partial charge in [-0.3, -0.25) is 23.9 Å². The van der Waals surface area contributed by atoms with E-state index >= 15 is 0 Å². The summed E-state index contributed by atoms with van der Waals surface area (Å²) in [5.74, 6) is -3.20. The van der Waals surface area contributed by atoms with E-state index < -0.39 is 74.4 Å². The van der Waals surface area contributed by atoms with Crippen molar-refractivity contribution in [3.05, 3.63) is 77.3 Å². The number of hydrogen-bond acceptors (Lipinski definition) is 9. The Kier molecular flexibility index (Phi) is 9.96. The number of carbonyl (C=O) groups excluding carboxylic acids is 4. The fourth-order valence-electron chi connectivity index (χ4n) is 7.24. The van der Waals surface area contributed by atoms with Crippen molar-refractivity contribution in [1.82, 2.24) is 30.2 Å². The van der Waals surface area contributed by atoms with E-state index in [1.165, 1.54) is 23.1 Å². The normalized spacial score (nSPS) is 26.4. The van der Waals surface area contributed by atoms with Crippen LogP contribution in [-0.4, -0.2) is 82.4 Å². The van der Waals surface area contributed by atoms with Gasteiger partial charge < -0.3 is 20.3 Å². The highest BCUT2D eigenvalue weighted by atomic mass is 32.2. The van der Waals surface area contributed by atoms with E-state index in [0.29, 0.717) is 48.9 Å². The lowest BCUT2D eigenvalue weighted by atomic mass is 10.0. The molecule has 0 radical (unpaired) electrons. The Morgan fingerprint density at radius 3 is 2.60 bits per heavy atom. The zero-order chi connectivity index (χ0) is 37.5. The summed E-state index contributed by atoms with van der Waals surface area (Å²) in [7, 11) is -3.90. The minimum atomic E-state index is -3.90. The van der Waals surface area contributed by atoms with E-state index in [9.17, 15) is 32.0 Å². The fourth-order valence-corrected chi connectivity index (χ4v) is 8.61. The number of allylic oxidation sites excluding steroid dienone is 1. The number of rotatable bonds is 7. The van der Waals surface area contributed by atoms with Crippen LogP contribution < -0.4 is 20.1 Å². The number of halogens is 1. The molecule has 3 fully saturated rings. The molecule has 3 aromatic rings. The standard InChI is InChI=1S/C38H43FN6O7S/c1-22-9-8-10-24(17-22)33(46)41-30-12-7-5-3-4-6-11-25-20-38(25,37(49)44-53(50,51)28-14-15-28)43-34(47)32-19-27(21-45(32)36(30)48)52-35-23(2)40-29-16-13-26(39)18-31(29)42-35/h6,8-11,13,16-18,25,27-28,30,32H,3-5,7,12,14-15,19-21H2,1-2H3,(H,41,46)(H,43,47)(H,44,49). The SMILES string of the molecule is Cc1cccc(C(=O)NC2CCCCCC=CC3CC3(C(=O)NS(=O)(=O)C3CC3)NC(=O)C3CC(Oc4nc5cc(F)ccc5nc4C)CN3C2=O)c1. The molecule has 1 saturated heterocycles. The van der Waals surface area contributed by atoms with E-state index in [1.54, 1.807) is 25.1 Å². The maximum Gasteiger partial charge on any atom is 0.259 e. The summed E-state index contributed by atoms with van der Waals surface area (Å²) >= 11 is 0. The summed E-state index contributed by atoms with van der Waals surface area (Å²) in [6, 6.07) is 8.94. The fraction of sp³-hybridized carbons (Fsp3) is 0.474. The molecule has 3 heterocycles. The Morgan fingerprint density at radius 2 is 1.83 bits per heavy atom. The van der Waals surface area contributed by atoms with Crippen molar-refractivity contribution in [2.24, 2.45) is 5.92 Å². The molecule has 4 amide bonds. The maximum atomic E-state index is 14.5. The summed E-state index contributed by atoms with van der Waals surface area (Å²) in [4.78, 5) is 66.3. The smallest absolute Gasteiger partial charge is 0.259 e. The van der Waals surface area contributed by atoms with Gasteiger partial charge in [0.25, 0.3) is 11.8 Å². The van der Waals surface area contributed by atoms with Gasteiger partial charge >= 0.3 is 0 Å². The van der Waals surface area contributed by atoms with Crippen molar-refractivity contribution < 1.29 is 36.7 Å². The van der Waals surface area contributed by atoms with Crippen LogP contribution in [0.2, 0.25) is 0 Å². The minimum absolute atomic E-state index is 0.00297. The molecule has 7 rings (SSSR count). The summed E-state index contributed by atoms with van der Waals surface area (Å²) < 4.78 is 48.1. The molecule has 280 valence electrons. The first kappa shape index (κ1) is 36.4. The van der Waals surface area contributed by atoms with Gasteiger partial charge in [0.15, 0.2) is 0 Å². The number of carbonyl (C=O) groups is 4. The number of ether oxygens (including phenoxy) is 1. The zero-order valence-corrected chi connectivity index (χ0v) is 30.5. The molecule has 2 aliphatic carbocycles. The van der Waals surface area contributed by atoms with E-state index in [1.807, 2.05) is 25.1 Å². The van der Waals surface area contributed by atoms with Crippen molar-refractivity contribution >= 4 is 44.7 Å². The lowest BCUT2D eigenvalue weighted by molar-refractivity contribution is -0.141. The van der Waals surface area contributed by atoms with Crippen LogP contribution in [0.5, 0.6) is 5.88 Å². The number of benzene rings is 2. The number of nitrogens with zero attached hydrogens (tertiary/aromatic N) is 3. The van der Waals surface area contributed by atoms with Crippen molar-refractivity contribution in [2.75, 3.05) is 6.54 Å². The molecule has 0 bridgehead atoms. The summed E-state index contributed by atoms with van der Waals surface area (Å²) in [5.41, 5.74) is 0.920. The zero-order valence-electron chi connectivity index (χ0n) is 29.6. The van der Waals surface area contributed by atoms with Gasteiger partial charge in [0, 0.05) is 24.0 Å². The second-order valence-corrected chi connectivity index (χ2v) is 16.6. The molecule has 4 aliphatic rings. The number of hydrogen-bond donors (Lipinski definition) is 3. The quantitative estimate of drug-likeness (QED) is 0.306. The Bertz CT molecular complexity index is 2110. The minimum Gasteiger partial charge on any atom is -0.471 e. The molecule has 2 aromatic carbocycles. The van der Waals surface area contributed by atoms with Crippen LogP contribution in [0.3, 0.4) is 0 Å². The van der Waals surface area contributed by atoms with Crippen molar-refractivity contribution in [1.29, 1.82) is 0 Å². The first-order valence-electron chi connectivity index (χ1n) is 18.2. The average Bonchev–Trinajstić information content (AvgIpc) is 4.04. The highest BCUT2D eigenvalue weighted by Crippen LogP contribution is 2.46. The van der Waals surface area contributed by atoms with E-state index in [2.05, 4.69) is 25.3 Å². The molecule has 53 heavy (non-hydrogen) atoms. The lowest BCUT2D eigenvalue weighted by Gasteiger charge is -2.30. The molecule has 5 unspecified atom stereocenters. The van der Waals surface area contributed by atoms with Gasteiger partial charge in [-0.2, -0.15) is 0 Å². The van der Waals surface area contributed by atoms with Crippen LogP contribution in [-0.2, 0) is 24.4 Å². The third-order valence-electron chi connectivity index (χ3n) is 10.5. The number of aryl methyl sites for hydroxylation is 2. The number of nitrogens with one attached hydrogen (secondary N) is 3. The molecule has 15 heteroatoms. The van der Waals surface area contributed by atoms with Crippen molar-refractivity contribution in [2.45, 2.75) is 101 Å². The van der Waals surface area contributed by atoms with Crippen LogP contribution in [0.25, 0.3) is 11.0 Å². The number of fused-ring (bicyclic) bond motifs is 3. The van der Waals surface area contributed by atoms with Crippen LogP contribution >= 0.6 is 0 Å². The summed E-state index contributed by atoms with van der Waals surface area (Å²) in [5, 5.41) is 5.12. The number of sulfonamides is 1. The van der Waals surface area contributed by atoms with E-state index in [-0.39, 0.29) is 30.8 Å². The van der Waals surface area contributed by atoms with E-state index in [4.69, 9.17) is 4.74 Å². The Balaban J connectivity index is 1.20. The topological polar surface area (TPSA) is 177 Å². The predicted molar refractivity (Wildman–Crippen MR) is 192 cm³/mol. The molecule has 2 saturated carbocycles. The highest BCUT2D eigenvalue weighted by Gasteiger charge is 2.62. The average molecular weight is 747 g/mol. The number of amides is 4. The molecule has 2 aliphatic heterocycles. The van der Waals surface area contributed by atoms with Crippen molar-refractivity contribution in [3.8, 4) is 5.88 Å². The number of aromatic nitrogens is 2. The largest absolute Gasteiger partial charge is 0.471 e. The van der Waals surface area contributed by atoms with Gasteiger partial charge in [0.1, 0.15) is 35.2 Å². The third-order valence-corrected chi connectivity index (χ3v) is 12.3. The van der Waals surface area contributed by atoms with Gasteiger partial charge in [-0.25, -0.2) is 22.8 Å². The van der Waals surface area contributed by atoms with Crippen LogP contribution in [0.15, 0.2) is 54.6 Å². The van der Waals surface area contributed by atoms with Gasteiger partial charge in [0.2, 0.25) is 27.7 Å². The van der Waals surface area contributed by atoms with Gasteiger partial charge in [0.05, 0.1) is 22.8 Å². The van der Waals surface area contributed by atoms with Crippen LogP contribution in [0.1, 0.15) is 79.4 Å². The first-order chi connectivity index (χ1) is 25.3. The molecule has 5 atom stereocenters. The van der Waals surface area contributed by atoms with E-state index in [0.717, 1.165) is 18.4 Å². The molecule has 3 N–H and O–H groups in total. The molecule has 0 spiro atoms. The second kappa shape index (κ2) is 14.5. The Labute approximate surface area is 307 Å². The molecular formula is C38H43FN6O7S. The molecule has 1 aromatic heterocycles. The monoisotopic (exact) mass is 746 g/mol. The van der Waals surface area contributed by atoms with Gasteiger partial charge in [-0.1, -0.05) is 42.7 Å². The summed E-state index contributed by atoms with van der Waals surface area (Å²) in [6.07, 6.45) is 7.32. The predicted octanol–water partition coefficient (Wildman–Crippen LogP) is 3.54. The Hall–Kier alpha value is -4.92. The third kappa shape index (κ3) is 7.90.